The minimum Gasteiger partial charge on any atom is -0.341 e. The maximum atomic E-state index is 12.5. The summed E-state index contributed by atoms with van der Waals surface area (Å²) in [6, 6.07) is 9.23. The van der Waals surface area contributed by atoms with Gasteiger partial charge in [0.15, 0.2) is 4.77 Å². The molecule has 0 aliphatic heterocycles. The van der Waals surface area contributed by atoms with Crippen LogP contribution in [0.15, 0.2) is 45.9 Å². The second kappa shape index (κ2) is 7.11. The molecule has 2 aromatic heterocycles. The van der Waals surface area contributed by atoms with Crippen LogP contribution < -0.4 is 5.56 Å². The lowest BCUT2D eigenvalue weighted by atomic mass is 10.2. The number of aromatic nitrogens is 2. The lowest BCUT2D eigenvalue weighted by Gasteiger charge is -2.17. The first-order valence-electron chi connectivity index (χ1n) is 7.53. The predicted molar refractivity (Wildman–Crippen MR) is 98.8 cm³/mol. The summed E-state index contributed by atoms with van der Waals surface area (Å²) < 4.78 is 1.79. The van der Waals surface area contributed by atoms with Crippen molar-refractivity contribution >= 4 is 40.4 Å². The Morgan fingerprint density at radius 2 is 2.12 bits per heavy atom. The van der Waals surface area contributed by atoms with E-state index >= 15 is 0 Å². The van der Waals surface area contributed by atoms with Gasteiger partial charge in [0.1, 0.15) is 0 Å². The van der Waals surface area contributed by atoms with E-state index < -0.39 is 0 Å². The molecule has 0 atom stereocenters. The minimum atomic E-state index is -0.164. The first kappa shape index (κ1) is 16.6. The van der Waals surface area contributed by atoms with Crippen molar-refractivity contribution in [2.75, 3.05) is 7.05 Å². The van der Waals surface area contributed by atoms with Crippen molar-refractivity contribution in [3.63, 3.8) is 0 Å². The fourth-order valence-electron chi connectivity index (χ4n) is 2.54. The van der Waals surface area contributed by atoms with Gasteiger partial charge in [0, 0.05) is 26.6 Å². The highest BCUT2D eigenvalue weighted by Crippen LogP contribution is 2.10. The number of nitrogens with one attached hydrogen (secondary N) is 1. The van der Waals surface area contributed by atoms with Gasteiger partial charge in [-0.1, -0.05) is 12.1 Å². The van der Waals surface area contributed by atoms with E-state index in [2.05, 4.69) is 4.98 Å². The number of rotatable bonds is 5. The van der Waals surface area contributed by atoms with Crippen LogP contribution in [-0.4, -0.2) is 27.4 Å². The number of benzene rings is 1. The predicted octanol–water partition coefficient (Wildman–Crippen LogP) is 3.17. The van der Waals surface area contributed by atoms with E-state index in [0.717, 1.165) is 5.56 Å². The molecule has 0 spiro atoms. The highest BCUT2D eigenvalue weighted by Gasteiger charge is 2.12. The molecule has 1 amide bonds. The van der Waals surface area contributed by atoms with Crippen LogP contribution in [0.25, 0.3) is 10.9 Å². The number of H-pyrrole nitrogens is 1. The quantitative estimate of drug-likeness (QED) is 0.712. The Labute approximate surface area is 148 Å². The molecule has 2 heterocycles. The average molecular weight is 359 g/mol. The molecule has 0 aliphatic rings. The molecule has 3 aromatic rings. The molecule has 5 nitrogen and oxygen atoms in total. The van der Waals surface area contributed by atoms with Gasteiger partial charge in [-0.05, 0) is 46.7 Å². The lowest BCUT2D eigenvalue weighted by Crippen LogP contribution is -2.29. The summed E-state index contributed by atoms with van der Waals surface area (Å²) >= 11 is 6.87. The van der Waals surface area contributed by atoms with E-state index in [1.807, 2.05) is 35.0 Å². The highest BCUT2D eigenvalue weighted by atomic mass is 32.1. The van der Waals surface area contributed by atoms with Gasteiger partial charge in [-0.2, -0.15) is 11.3 Å². The van der Waals surface area contributed by atoms with Crippen LogP contribution in [0.4, 0.5) is 0 Å². The van der Waals surface area contributed by atoms with Gasteiger partial charge in [0.2, 0.25) is 5.91 Å². The van der Waals surface area contributed by atoms with Gasteiger partial charge in [0.05, 0.1) is 10.9 Å². The Morgan fingerprint density at radius 3 is 2.88 bits per heavy atom. The summed E-state index contributed by atoms with van der Waals surface area (Å²) in [6.45, 7) is 0.841. The van der Waals surface area contributed by atoms with Crippen molar-refractivity contribution in [1.82, 2.24) is 14.5 Å². The fourth-order valence-corrected chi connectivity index (χ4v) is 3.49. The zero-order chi connectivity index (χ0) is 17.1. The van der Waals surface area contributed by atoms with E-state index in [1.54, 1.807) is 29.4 Å². The van der Waals surface area contributed by atoms with Gasteiger partial charge in [-0.25, -0.2) is 0 Å². The molecule has 7 heteroatoms. The van der Waals surface area contributed by atoms with Crippen molar-refractivity contribution in [2.24, 2.45) is 0 Å². The third-order valence-electron chi connectivity index (χ3n) is 3.86. The molecule has 0 saturated heterocycles. The molecule has 3 rings (SSSR count). The average Bonchev–Trinajstić information content (AvgIpc) is 3.07. The number of thiophene rings is 1. The van der Waals surface area contributed by atoms with E-state index in [0.29, 0.717) is 22.2 Å². The molecule has 0 bridgehead atoms. The van der Waals surface area contributed by atoms with Gasteiger partial charge >= 0.3 is 0 Å². The molecule has 0 fully saturated rings. The van der Waals surface area contributed by atoms with E-state index in [-0.39, 0.29) is 24.4 Å². The second-order valence-corrected chi connectivity index (χ2v) is 6.73. The van der Waals surface area contributed by atoms with Crippen LogP contribution in [0.3, 0.4) is 0 Å². The van der Waals surface area contributed by atoms with Crippen molar-refractivity contribution in [3.05, 3.63) is 61.8 Å². The Balaban J connectivity index is 1.74. The third kappa shape index (κ3) is 3.47. The number of hydrogen-bond donors (Lipinski definition) is 1. The normalized spacial score (nSPS) is 10.9. The van der Waals surface area contributed by atoms with Crippen LogP contribution in [0, 0.1) is 4.77 Å². The molecule has 0 radical (unpaired) electrons. The largest absolute Gasteiger partial charge is 0.341 e. The van der Waals surface area contributed by atoms with E-state index in [1.165, 1.54) is 4.57 Å². The van der Waals surface area contributed by atoms with Crippen molar-refractivity contribution in [2.45, 2.75) is 19.5 Å². The Hall–Kier alpha value is -2.25. The Morgan fingerprint density at radius 1 is 1.33 bits per heavy atom. The second-order valence-electron chi connectivity index (χ2n) is 5.56. The van der Waals surface area contributed by atoms with Crippen LogP contribution in [0.2, 0.25) is 0 Å². The van der Waals surface area contributed by atoms with Crippen molar-refractivity contribution in [1.29, 1.82) is 0 Å². The van der Waals surface area contributed by atoms with Crippen LogP contribution in [0.5, 0.6) is 0 Å². The molecular formula is C17H17N3O2S2. The number of carbonyl (C=O) groups is 1. The molecule has 1 N–H and O–H groups in total. The number of hydrogen-bond acceptors (Lipinski definition) is 4. The summed E-state index contributed by atoms with van der Waals surface area (Å²) in [5.74, 6) is -0.0179. The van der Waals surface area contributed by atoms with E-state index in [4.69, 9.17) is 12.2 Å². The van der Waals surface area contributed by atoms with Crippen molar-refractivity contribution in [3.8, 4) is 0 Å². The van der Waals surface area contributed by atoms with Crippen LogP contribution >= 0.6 is 23.6 Å². The maximum absolute atomic E-state index is 12.5. The standard InChI is InChI=1S/C17H17N3O2S2/c1-19(10-12-7-9-24-11-12)15(21)6-8-20-16(22)13-4-2-3-5-14(13)18-17(20)23/h2-5,7,9,11H,6,8,10H2,1H3,(H,18,23). The number of aromatic amines is 1. The monoisotopic (exact) mass is 359 g/mol. The molecule has 0 aliphatic carbocycles. The zero-order valence-corrected chi connectivity index (χ0v) is 14.8. The molecular weight excluding hydrogens is 342 g/mol. The third-order valence-corrected chi connectivity index (χ3v) is 4.92. The van der Waals surface area contributed by atoms with E-state index in [9.17, 15) is 9.59 Å². The van der Waals surface area contributed by atoms with Crippen LogP contribution in [-0.2, 0) is 17.9 Å². The maximum Gasteiger partial charge on any atom is 0.262 e. The summed E-state index contributed by atoms with van der Waals surface area (Å²) in [4.78, 5) is 29.5. The molecule has 124 valence electrons. The van der Waals surface area contributed by atoms with Gasteiger partial charge in [-0.3, -0.25) is 14.2 Å². The van der Waals surface area contributed by atoms with Crippen molar-refractivity contribution < 1.29 is 4.79 Å². The fraction of sp³-hybridized carbons (Fsp3) is 0.235. The number of amides is 1. The summed E-state index contributed by atoms with van der Waals surface area (Å²) in [6.07, 6.45) is 0.233. The number of para-hydroxylation sites is 1. The summed E-state index contributed by atoms with van der Waals surface area (Å²) in [5, 5.41) is 4.58. The summed E-state index contributed by atoms with van der Waals surface area (Å²) in [5.41, 5.74) is 1.66. The highest BCUT2D eigenvalue weighted by molar-refractivity contribution is 7.71. The number of carbonyl (C=O) groups excluding carboxylic acids is 1. The Bertz CT molecular complexity index is 973. The van der Waals surface area contributed by atoms with Crippen LogP contribution in [0.1, 0.15) is 12.0 Å². The first-order chi connectivity index (χ1) is 11.6. The van der Waals surface area contributed by atoms with Gasteiger partial charge < -0.3 is 9.88 Å². The first-order valence-corrected chi connectivity index (χ1v) is 8.88. The SMILES string of the molecule is CN(Cc1ccsc1)C(=O)CCn1c(=S)[nH]c2ccccc2c1=O. The number of fused-ring (bicyclic) bond motifs is 1. The smallest absolute Gasteiger partial charge is 0.262 e. The molecule has 24 heavy (non-hydrogen) atoms. The summed E-state index contributed by atoms with van der Waals surface area (Å²) in [7, 11) is 1.77. The van der Waals surface area contributed by atoms with Gasteiger partial charge in [0.25, 0.3) is 5.56 Å². The molecule has 0 unspecified atom stereocenters. The molecule has 0 saturated carbocycles. The van der Waals surface area contributed by atoms with Gasteiger partial charge in [-0.15, -0.1) is 0 Å². The number of nitrogens with zero attached hydrogens (tertiary/aromatic N) is 2. The topological polar surface area (TPSA) is 58.1 Å². The Kier molecular flexibility index (Phi) is 4.92. The lowest BCUT2D eigenvalue weighted by molar-refractivity contribution is -0.130. The zero-order valence-electron chi connectivity index (χ0n) is 13.2. The minimum absolute atomic E-state index is 0.0179. The molecule has 1 aromatic carbocycles.